The van der Waals surface area contributed by atoms with E-state index in [1.165, 1.54) is 11.1 Å². The topological polar surface area (TPSA) is 59.0 Å². The molecule has 0 aliphatic carbocycles. The molecular weight excluding hydrogens is 348 g/mol. The number of carbonyl (C=O) groups excluding carboxylic acids is 1. The molecule has 2 N–H and O–H groups in total. The Hall–Kier alpha value is -1.85. The third kappa shape index (κ3) is 4.46. The second-order valence-corrected chi connectivity index (χ2v) is 7.79. The van der Waals surface area contributed by atoms with Gasteiger partial charge in [-0.05, 0) is 18.1 Å². The molecule has 6 heteroatoms. The maximum absolute atomic E-state index is 12.8. The molecule has 0 bridgehead atoms. The van der Waals surface area contributed by atoms with Crippen LogP contribution in [0.3, 0.4) is 0 Å². The molecule has 5 nitrogen and oxygen atoms in total. The zero-order valence-corrected chi connectivity index (χ0v) is 16.8. The van der Waals surface area contributed by atoms with E-state index in [1.54, 1.807) is 4.68 Å². The van der Waals surface area contributed by atoms with Crippen molar-refractivity contribution in [3.8, 4) is 0 Å². The van der Waals surface area contributed by atoms with Gasteiger partial charge in [0, 0.05) is 44.2 Å². The van der Waals surface area contributed by atoms with E-state index < -0.39 is 0 Å². The summed E-state index contributed by atoms with van der Waals surface area (Å²) < 4.78 is 1.80. The molecule has 1 fully saturated rings. The van der Waals surface area contributed by atoms with Crippen LogP contribution in [0.4, 0.5) is 0 Å². The van der Waals surface area contributed by atoms with Gasteiger partial charge in [-0.3, -0.25) is 9.48 Å². The zero-order valence-electron chi connectivity index (χ0n) is 16.0. The Morgan fingerprint density at radius 2 is 2.15 bits per heavy atom. The SMILES string of the molecule is Cc1cccc(C(C)(C)CNC(=O)[C@H]2CNC[C@@H]2c2cnn(C)c2)c1.Cl. The Bertz CT molecular complexity index is 756. The Balaban J connectivity index is 0.00000243. The first-order chi connectivity index (χ1) is 11.9. The van der Waals surface area contributed by atoms with Crippen LogP contribution in [0.1, 0.15) is 36.5 Å². The molecule has 1 aromatic carbocycles. The molecule has 0 unspecified atom stereocenters. The Kier molecular flexibility index (Phi) is 6.48. The Labute approximate surface area is 162 Å². The van der Waals surface area contributed by atoms with Crippen LogP contribution in [0.15, 0.2) is 36.7 Å². The molecule has 2 heterocycles. The van der Waals surface area contributed by atoms with Gasteiger partial charge in [0.25, 0.3) is 0 Å². The van der Waals surface area contributed by atoms with Gasteiger partial charge < -0.3 is 10.6 Å². The highest BCUT2D eigenvalue weighted by molar-refractivity contribution is 5.85. The lowest BCUT2D eigenvalue weighted by Gasteiger charge is -2.27. The van der Waals surface area contributed by atoms with Gasteiger partial charge in [0.15, 0.2) is 0 Å². The summed E-state index contributed by atoms with van der Waals surface area (Å²) in [5, 5.41) is 10.8. The summed E-state index contributed by atoms with van der Waals surface area (Å²) in [5.41, 5.74) is 3.53. The number of hydrogen-bond acceptors (Lipinski definition) is 3. The number of nitrogens with one attached hydrogen (secondary N) is 2. The third-order valence-electron chi connectivity index (χ3n) is 5.21. The number of aryl methyl sites for hydroxylation is 2. The number of rotatable bonds is 5. The quantitative estimate of drug-likeness (QED) is 0.843. The minimum absolute atomic E-state index is 0. The van der Waals surface area contributed by atoms with Gasteiger partial charge in [0.1, 0.15) is 0 Å². The predicted molar refractivity (Wildman–Crippen MR) is 107 cm³/mol. The summed E-state index contributed by atoms with van der Waals surface area (Å²) in [6, 6.07) is 8.50. The predicted octanol–water partition coefficient (Wildman–Crippen LogP) is 2.55. The molecule has 1 aliphatic rings. The van der Waals surface area contributed by atoms with E-state index >= 15 is 0 Å². The molecule has 26 heavy (non-hydrogen) atoms. The first-order valence-electron chi connectivity index (χ1n) is 8.91. The summed E-state index contributed by atoms with van der Waals surface area (Å²) in [6.07, 6.45) is 3.88. The smallest absolute Gasteiger partial charge is 0.225 e. The highest BCUT2D eigenvalue weighted by atomic mass is 35.5. The lowest BCUT2D eigenvalue weighted by atomic mass is 9.83. The van der Waals surface area contributed by atoms with Crippen molar-refractivity contribution in [3.05, 3.63) is 53.3 Å². The molecule has 1 aliphatic heterocycles. The molecule has 1 amide bonds. The standard InChI is InChI=1S/C20H28N4O.ClH/c1-14-6-5-7-16(8-14)20(2,3)13-22-19(25)18-11-21-10-17(18)15-9-23-24(4)12-15;/h5-9,12,17-18,21H,10-11,13H2,1-4H3,(H,22,25);1H/t17-,18+;/m1./s1. The van der Waals surface area contributed by atoms with Crippen molar-refractivity contribution in [2.45, 2.75) is 32.1 Å². The van der Waals surface area contributed by atoms with E-state index in [4.69, 9.17) is 0 Å². The maximum atomic E-state index is 12.8. The molecule has 1 saturated heterocycles. The Morgan fingerprint density at radius 1 is 1.38 bits per heavy atom. The fourth-order valence-corrected chi connectivity index (χ4v) is 3.54. The van der Waals surface area contributed by atoms with E-state index in [9.17, 15) is 4.79 Å². The van der Waals surface area contributed by atoms with E-state index in [0.29, 0.717) is 6.54 Å². The van der Waals surface area contributed by atoms with Crippen LogP contribution >= 0.6 is 12.4 Å². The zero-order chi connectivity index (χ0) is 18.0. The molecule has 0 spiro atoms. The van der Waals surface area contributed by atoms with Crippen molar-refractivity contribution in [1.82, 2.24) is 20.4 Å². The van der Waals surface area contributed by atoms with Crippen LogP contribution in [0.5, 0.6) is 0 Å². The van der Waals surface area contributed by atoms with Crippen molar-refractivity contribution in [2.75, 3.05) is 19.6 Å². The van der Waals surface area contributed by atoms with Crippen LogP contribution in [-0.4, -0.2) is 35.3 Å². The van der Waals surface area contributed by atoms with Crippen LogP contribution in [-0.2, 0) is 17.3 Å². The first kappa shape index (κ1) is 20.5. The molecule has 3 rings (SSSR count). The highest BCUT2D eigenvalue weighted by Crippen LogP contribution is 2.28. The number of benzene rings is 1. The second kappa shape index (κ2) is 8.23. The highest BCUT2D eigenvalue weighted by Gasteiger charge is 2.35. The van der Waals surface area contributed by atoms with Crippen molar-refractivity contribution >= 4 is 18.3 Å². The number of hydrogen-bond donors (Lipinski definition) is 2. The lowest BCUT2D eigenvalue weighted by Crippen LogP contribution is -2.41. The minimum atomic E-state index is -0.0997. The summed E-state index contributed by atoms with van der Waals surface area (Å²) in [7, 11) is 1.91. The van der Waals surface area contributed by atoms with Crippen LogP contribution in [0.2, 0.25) is 0 Å². The molecule has 1 aromatic heterocycles. The van der Waals surface area contributed by atoms with Gasteiger partial charge >= 0.3 is 0 Å². The van der Waals surface area contributed by atoms with E-state index in [-0.39, 0.29) is 35.6 Å². The average Bonchev–Trinajstić information content (AvgIpc) is 3.21. The van der Waals surface area contributed by atoms with Crippen molar-refractivity contribution < 1.29 is 4.79 Å². The van der Waals surface area contributed by atoms with Crippen LogP contribution in [0, 0.1) is 12.8 Å². The fraction of sp³-hybridized carbons (Fsp3) is 0.500. The largest absolute Gasteiger partial charge is 0.355 e. The normalized spacial score (nSPS) is 19.8. The second-order valence-electron chi connectivity index (χ2n) is 7.79. The summed E-state index contributed by atoms with van der Waals surface area (Å²) >= 11 is 0. The van der Waals surface area contributed by atoms with Gasteiger partial charge in [-0.1, -0.05) is 43.7 Å². The fourth-order valence-electron chi connectivity index (χ4n) is 3.54. The molecule has 2 aromatic rings. The van der Waals surface area contributed by atoms with Gasteiger partial charge in [0.2, 0.25) is 5.91 Å². The van der Waals surface area contributed by atoms with Crippen LogP contribution < -0.4 is 10.6 Å². The van der Waals surface area contributed by atoms with E-state index in [1.807, 2.05) is 19.4 Å². The van der Waals surface area contributed by atoms with Crippen molar-refractivity contribution in [2.24, 2.45) is 13.0 Å². The minimum Gasteiger partial charge on any atom is -0.355 e. The monoisotopic (exact) mass is 376 g/mol. The van der Waals surface area contributed by atoms with Crippen molar-refractivity contribution in [1.29, 1.82) is 0 Å². The first-order valence-corrected chi connectivity index (χ1v) is 8.91. The van der Waals surface area contributed by atoms with Gasteiger partial charge in [-0.25, -0.2) is 0 Å². The molecule has 142 valence electrons. The summed E-state index contributed by atoms with van der Waals surface area (Å²) in [6.45, 7) is 8.62. The molecule has 0 saturated carbocycles. The number of amides is 1. The molecular formula is C20H29ClN4O. The summed E-state index contributed by atoms with van der Waals surface area (Å²) in [5.74, 6) is 0.271. The van der Waals surface area contributed by atoms with Crippen LogP contribution in [0.25, 0.3) is 0 Å². The van der Waals surface area contributed by atoms with Crippen molar-refractivity contribution in [3.63, 3.8) is 0 Å². The summed E-state index contributed by atoms with van der Waals surface area (Å²) in [4.78, 5) is 12.8. The van der Waals surface area contributed by atoms with Gasteiger partial charge in [0.05, 0.1) is 12.1 Å². The van der Waals surface area contributed by atoms with E-state index in [0.717, 1.165) is 18.7 Å². The van der Waals surface area contributed by atoms with E-state index in [2.05, 4.69) is 60.8 Å². The maximum Gasteiger partial charge on any atom is 0.225 e. The van der Waals surface area contributed by atoms with Gasteiger partial charge in [-0.15, -0.1) is 12.4 Å². The lowest BCUT2D eigenvalue weighted by molar-refractivity contribution is -0.125. The number of aromatic nitrogens is 2. The molecule has 2 atom stereocenters. The number of carbonyl (C=O) groups is 1. The number of nitrogens with zero attached hydrogens (tertiary/aromatic N) is 2. The average molecular weight is 377 g/mol. The number of halogens is 1. The van der Waals surface area contributed by atoms with Gasteiger partial charge in [-0.2, -0.15) is 5.10 Å². The Morgan fingerprint density at radius 3 is 2.81 bits per heavy atom. The third-order valence-corrected chi connectivity index (χ3v) is 5.21. The molecule has 0 radical (unpaired) electrons.